The first-order valence-corrected chi connectivity index (χ1v) is 10.9. The van der Waals surface area contributed by atoms with Crippen LogP contribution in [0.25, 0.3) is 22.0 Å². The predicted molar refractivity (Wildman–Crippen MR) is 130 cm³/mol. The highest BCUT2D eigenvalue weighted by Crippen LogP contribution is 2.40. The van der Waals surface area contributed by atoms with Crippen LogP contribution >= 0.6 is 11.6 Å². The number of aromatic nitrogens is 3. The van der Waals surface area contributed by atoms with E-state index < -0.39 is 5.60 Å². The van der Waals surface area contributed by atoms with Crippen molar-refractivity contribution in [3.63, 3.8) is 0 Å². The highest BCUT2D eigenvalue weighted by atomic mass is 35.5. The van der Waals surface area contributed by atoms with Gasteiger partial charge >= 0.3 is 0 Å². The zero-order valence-electron chi connectivity index (χ0n) is 18.2. The van der Waals surface area contributed by atoms with Crippen LogP contribution in [-0.2, 0) is 12.6 Å². The molecule has 0 aliphatic carbocycles. The fourth-order valence-electron chi connectivity index (χ4n) is 4.25. The van der Waals surface area contributed by atoms with E-state index in [1.54, 1.807) is 31.8 Å². The zero-order valence-corrected chi connectivity index (χ0v) is 19.0. The van der Waals surface area contributed by atoms with Crippen molar-refractivity contribution in [2.24, 2.45) is 7.05 Å². The second-order valence-corrected chi connectivity index (χ2v) is 8.35. The lowest BCUT2D eigenvalue weighted by Crippen LogP contribution is -2.31. The maximum atomic E-state index is 12.3. The fourth-order valence-corrected chi connectivity index (χ4v) is 4.37. The van der Waals surface area contributed by atoms with Gasteiger partial charge in [0.2, 0.25) is 5.88 Å². The Morgan fingerprint density at radius 3 is 2.33 bits per heavy atom. The number of methoxy groups -OCH3 is 1. The van der Waals surface area contributed by atoms with E-state index in [-0.39, 0.29) is 0 Å². The molecule has 5 rings (SSSR count). The molecule has 0 fully saturated rings. The zero-order chi connectivity index (χ0) is 23.0. The molecule has 0 bridgehead atoms. The number of rotatable bonds is 5. The normalized spacial score (nSPS) is 13.1. The molecular formula is C27H22ClN3O2. The average molecular weight is 456 g/mol. The lowest BCUT2D eigenvalue weighted by atomic mass is 9.82. The monoisotopic (exact) mass is 455 g/mol. The van der Waals surface area contributed by atoms with Crippen molar-refractivity contribution >= 4 is 22.5 Å². The Hall–Kier alpha value is -3.67. The number of nitrogens with zero attached hydrogens (tertiary/aromatic N) is 3. The Morgan fingerprint density at radius 1 is 0.939 bits per heavy atom. The SMILES string of the molecule is COc1cc(-c2ccccc2)c2cc(C(O)(c3ccc(Cl)cc3)c3cncn3C)ccc2n1. The molecule has 5 aromatic rings. The second kappa shape index (κ2) is 8.35. The van der Waals surface area contributed by atoms with Gasteiger partial charge in [0.25, 0.3) is 0 Å². The molecule has 0 amide bonds. The van der Waals surface area contributed by atoms with Crippen molar-refractivity contribution in [1.82, 2.24) is 14.5 Å². The molecular weight excluding hydrogens is 434 g/mol. The van der Waals surface area contributed by atoms with Crippen LogP contribution in [0.5, 0.6) is 5.88 Å². The minimum Gasteiger partial charge on any atom is -0.481 e. The van der Waals surface area contributed by atoms with E-state index in [1.807, 2.05) is 78.3 Å². The van der Waals surface area contributed by atoms with Crippen LogP contribution in [0.3, 0.4) is 0 Å². The van der Waals surface area contributed by atoms with Gasteiger partial charge in [-0.3, -0.25) is 0 Å². The van der Waals surface area contributed by atoms with Crippen LogP contribution in [0.15, 0.2) is 91.4 Å². The molecule has 0 saturated heterocycles. The van der Waals surface area contributed by atoms with Crippen molar-refractivity contribution < 1.29 is 9.84 Å². The number of ether oxygens (including phenoxy) is 1. The van der Waals surface area contributed by atoms with Gasteiger partial charge in [-0.05, 0) is 46.5 Å². The van der Waals surface area contributed by atoms with Gasteiger partial charge in [-0.15, -0.1) is 0 Å². The van der Waals surface area contributed by atoms with Crippen molar-refractivity contribution in [1.29, 1.82) is 0 Å². The standard InChI is InChI=1S/C27H22ClN3O2/c1-31-17-29-16-25(31)27(32,19-8-11-21(28)12-9-19)20-10-13-24-23(14-20)22(15-26(30-24)33-2)18-6-4-3-5-7-18/h3-17,32H,1-2H3. The average Bonchev–Trinajstić information content (AvgIpc) is 3.29. The molecule has 2 aromatic heterocycles. The Kier molecular flexibility index (Phi) is 5.36. The molecule has 0 aliphatic rings. The van der Waals surface area contributed by atoms with E-state index in [2.05, 4.69) is 9.97 Å². The van der Waals surface area contributed by atoms with Gasteiger partial charge in [0.15, 0.2) is 5.60 Å². The number of imidazole rings is 1. The number of fused-ring (bicyclic) bond motifs is 1. The van der Waals surface area contributed by atoms with Crippen LogP contribution in [0.4, 0.5) is 0 Å². The topological polar surface area (TPSA) is 60.2 Å². The van der Waals surface area contributed by atoms with Crippen LogP contribution < -0.4 is 4.74 Å². The van der Waals surface area contributed by atoms with Crippen molar-refractivity contribution in [3.8, 4) is 17.0 Å². The van der Waals surface area contributed by atoms with Gasteiger partial charge in [-0.25, -0.2) is 9.97 Å². The summed E-state index contributed by atoms with van der Waals surface area (Å²) < 4.78 is 7.28. The van der Waals surface area contributed by atoms with E-state index in [0.717, 1.165) is 22.0 Å². The maximum Gasteiger partial charge on any atom is 0.214 e. The largest absolute Gasteiger partial charge is 0.481 e. The van der Waals surface area contributed by atoms with Crippen molar-refractivity contribution in [2.75, 3.05) is 7.11 Å². The molecule has 0 radical (unpaired) electrons. The number of benzene rings is 3. The number of hydrogen-bond acceptors (Lipinski definition) is 4. The molecule has 1 unspecified atom stereocenters. The highest BCUT2D eigenvalue weighted by molar-refractivity contribution is 6.30. The summed E-state index contributed by atoms with van der Waals surface area (Å²) in [5.74, 6) is 0.536. The van der Waals surface area contributed by atoms with Gasteiger partial charge in [0.1, 0.15) is 0 Å². The quantitative estimate of drug-likeness (QED) is 0.375. The highest BCUT2D eigenvalue weighted by Gasteiger charge is 2.37. The van der Waals surface area contributed by atoms with E-state index in [0.29, 0.717) is 27.7 Å². The summed E-state index contributed by atoms with van der Waals surface area (Å²) in [7, 11) is 3.48. The maximum absolute atomic E-state index is 12.3. The third-order valence-corrected chi connectivity index (χ3v) is 6.20. The van der Waals surface area contributed by atoms with Gasteiger partial charge in [-0.2, -0.15) is 0 Å². The summed E-state index contributed by atoms with van der Waals surface area (Å²) in [5, 5.41) is 13.8. The van der Waals surface area contributed by atoms with Crippen LogP contribution in [0.2, 0.25) is 5.02 Å². The predicted octanol–water partition coefficient (Wildman–Crippen LogP) is 5.58. The molecule has 1 atom stereocenters. The molecule has 33 heavy (non-hydrogen) atoms. The van der Waals surface area contributed by atoms with E-state index in [9.17, 15) is 5.11 Å². The summed E-state index contributed by atoms with van der Waals surface area (Å²) in [6, 6.07) is 25.0. The lowest BCUT2D eigenvalue weighted by Gasteiger charge is -2.30. The molecule has 1 N–H and O–H groups in total. The van der Waals surface area contributed by atoms with E-state index in [1.165, 1.54) is 0 Å². The van der Waals surface area contributed by atoms with Crippen LogP contribution in [-0.4, -0.2) is 26.8 Å². The van der Waals surface area contributed by atoms with Gasteiger partial charge < -0.3 is 14.4 Å². The first kappa shape index (κ1) is 21.2. The molecule has 0 saturated carbocycles. The van der Waals surface area contributed by atoms with E-state index >= 15 is 0 Å². The number of pyridine rings is 1. The molecule has 5 nitrogen and oxygen atoms in total. The van der Waals surface area contributed by atoms with Gasteiger partial charge in [-0.1, -0.05) is 60.1 Å². The first-order chi connectivity index (χ1) is 16.0. The Labute approximate surface area is 196 Å². The smallest absolute Gasteiger partial charge is 0.214 e. The summed E-state index contributed by atoms with van der Waals surface area (Å²) in [4.78, 5) is 8.88. The summed E-state index contributed by atoms with van der Waals surface area (Å²) in [6.07, 6.45) is 3.36. The number of halogens is 1. The number of aryl methyl sites for hydroxylation is 1. The minimum absolute atomic E-state index is 0.536. The third kappa shape index (κ3) is 3.65. The summed E-state index contributed by atoms with van der Waals surface area (Å²) >= 11 is 6.14. The van der Waals surface area contributed by atoms with E-state index in [4.69, 9.17) is 16.3 Å². The molecule has 3 aromatic carbocycles. The second-order valence-electron chi connectivity index (χ2n) is 7.92. The minimum atomic E-state index is -1.45. The Balaban J connectivity index is 1.80. The first-order valence-electron chi connectivity index (χ1n) is 10.5. The van der Waals surface area contributed by atoms with Crippen molar-refractivity contribution in [2.45, 2.75) is 5.60 Å². The van der Waals surface area contributed by atoms with Gasteiger partial charge in [0, 0.05) is 23.5 Å². The Bertz CT molecular complexity index is 1430. The molecule has 164 valence electrons. The fraction of sp³-hybridized carbons (Fsp3) is 0.111. The molecule has 6 heteroatoms. The van der Waals surface area contributed by atoms with Crippen molar-refractivity contribution in [3.05, 3.63) is 113 Å². The summed E-state index contributed by atoms with van der Waals surface area (Å²) in [6.45, 7) is 0. The third-order valence-electron chi connectivity index (χ3n) is 5.95. The van der Waals surface area contributed by atoms with Crippen LogP contribution in [0, 0.1) is 0 Å². The Morgan fingerprint density at radius 2 is 1.67 bits per heavy atom. The molecule has 0 spiro atoms. The van der Waals surface area contributed by atoms with Crippen LogP contribution in [0.1, 0.15) is 16.8 Å². The summed E-state index contributed by atoms with van der Waals surface area (Å²) in [5.41, 5.74) is 3.38. The number of hydrogen-bond donors (Lipinski definition) is 1. The lowest BCUT2D eigenvalue weighted by molar-refractivity contribution is 0.117. The number of aliphatic hydroxyl groups is 1. The van der Waals surface area contributed by atoms with Gasteiger partial charge in [0.05, 0.1) is 30.8 Å². The molecule has 0 aliphatic heterocycles. The molecule has 2 heterocycles.